The van der Waals surface area contributed by atoms with Crippen LogP contribution in [0.5, 0.6) is 11.5 Å². The summed E-state index contributed by atoms with van der Waals surface area (Å²) in [7, 11) is 1.56. The van der Waals surface area contributed by atoms with Gasteiger partial charge < -0.3 is 14.8 Å². The number of thiazole rings is 1. The Hall–Kier alpha value is -2.38. The summed E-state index contributed by atoms with van der Waals surface area (Å²) in [6.45, 7) is 4.56. The summed E-state index contributed by atoms with van der Waals surface area (Å²) in [5.74, 6) is 1.26. The van der Waals surface area contributed by atoms with Crippen LogP contribution in [0.15, 0.2) is 46.6 Å². The molecule has 1 N–H and O–H groups in total. The van der Waals surface area contributed by atoms with Crippen LogP contribution >= 0.6 is 22.7 Å². The Bertz CT molecular complexity index is 862. The van der Waals surface area contributed by atoms with Crippen LogP contribution in [0.25, 0.3) is 0 Å². The largest absolute Gasteiger partial charge is 0.493 e. The van der Waals surface area contributed by atoms with Gasteiger partial charge in [-0.1, -0.05) is 19.9 Å². The molecule has 3 rings (SSSR count). The molecule has 0 aliphatic rings. The molecule has 0 saturated heterocycles. The van der Waals surface area contributed by atoms with E-state index in [9.17, 15) is 4.79 Å². The van der Waals surface area contributed by atoms with Crippen molar-refractivity contribution in [3.63, 3.8) is 0 Å². The normalized spacial score (nSPS) is 12.0. The number of amides is 1. The van der Waals surface area contributed by atoms with E-state index in [1.54, 1.807) is 42.2 Å². The average molecular weight is 403 g/mol. The lowest BCUT2D eigenvalue weighted by molar-refractivity contribution is 0.0926. The number of methoxy groups -OCH3 is 1. The third-order valence-electron chi connectivity index (χ3n) is 4.09. The van der Waals surface area contributed by atoms with Crippen LogP contribution in [0.2, 0.25) is 0 Å². The van der Waals surface area contributed by atoms with E-state index in [1.807, 2.05) is 22.9 Å². The minimum absolute atomic E-state index is 0.0240. The summed E-state index contributed by atoms with van der Waals surface area (Å²) in [6, 6.07) is 9.24. The number of nitrogens with one attached hydrogen (secondary N) is 1. The molecular weight excluding hydrogens is 380 g/mol. The molecule has 2 aromatic heterocycles. The van der Waals surface area contributed by atoms with Gasteiger partial charge in [-0.15, -0.1) is 22.7 Å². The summed E-state index contributed by atoms with van der Waals surface area (Å²) in [5.41, 5.74) is 3.16. The zero-order valence-corrected chi connectivity index (χ0v) is 17.1. The lowest BCUT2D eigenvalue weighted by Crippen LogP contribution is -2.31. The molecule has 7 heteroatoms. The number of ether oxygens (including phenoxy) is 2. The summed E-state index contributed by atoms with van der Waals surface area (Å²) in [5, 5.41) is 7.08. The predicted molar refractivity (Wildman–Crippen MR) is 109 cm³/mol. The van der Waals surface area contributed by atoms with Gasteiger partial charge in [-0.25, -0.2) is 4.98 Å². The molecule has 0 radical (unpaired) electrons. The first-order chi connectivity index (χ1) is 13.1. The van der Waals surface area contributed by atoms with E-state index in [2.05, 4.69) is 24.1 Å². The highest BCUT2D eigenvalue weighted by atomic mass is 32.1. The summed E-state index contributed by atoms with van der Waals surface area (Å²) in [4.78, 5) is 18.1. The van der Waals surface area contributed by atoms with E-state index in [-0.39, 0.29) is 17.9 Å². The summed E-state index contributed by atoms with van der Waals surface area (Å²) < 4.78 is 11.2. The van der Waals surface area contributed by atoms with Crippen molar-refractivity contribution in [2.75, 3.05) is 7.11 Å². The zero-order valence-electron chi connectivity index (χ0n) is 15.5. The number of carbonyl (C=O) groups excluding carboxylic acids is 1. The van der Waals surface area contributed by atoms with Crippen LogP contribution in [0.4, 0.5) is 0 Å². The quantitative estimate of drug-likeness (QED) is 0.581. The molecule has 1 unspecified atom stereocenters. The van der Waals surface area contributed by atoms with E-state index < -0.39 is 0 Å². The Kier molecular flexibility index (Phi) is 6.47. The van der Waals surface area contributed by atoms with Crippen LogP contribution in [-0.4, -0.2) is 18.0 Å². The van der Waals surface area contributed by atoms with Gasteiger partial charge in [-0.2, -0.15) is 0 Å². The lowest BCUT2D eigenvalue weighted by Gasteiger charge is -2.21. The van der Waals surface area contributed by atoms with Gasteiger partial charge in [-0.3, -0.25) is 4.79 Å². The monoisotopic (exact) mass is 402 g/mol. The second-order valence-corrected chi connectivity index (χ2v) is 8.04. The van der Waals surface area contributed by atoms with Crippen molar-refractivity contribution in [3.05, 3.63) is 62.7 Å². The van der Waals surface area contributed by atoms with Crippen molar-refractivity contribution in [1.29, 1.82) is 0 Å². The minimum Gasteiger partial charge on any atom is -0.493 e. The van der Waals surface area contributed by atoms with E-state index >= 15 is 0 Å². The molecule has 0 fully saturated rings. The fourth-order valence-corrected chi connectivity index (χ4v) is 4.14. The van der Waals surface area contributed by atoms with Gasteiger partial charge in [0.25, 0.3) is 5.91 Å². The Labute approximate surface area is 167 Å². The lowest BCUT2D eigenvalue weighted by atomic mass is 10.0. The van der Waals surface area contributed by atoms with Gasteiger partial charge in [0.1, 0.15) is 6.61 Å². The summed E-state index contributed by atoms with van der Waals surface area (Å²) >= 11 is 3.17. The number of thiophene rings is 1. The number of rotatable bonds is 8. The molecule has 0 aliphatic heterocycles. The number of hydrogen-bond acceptors (Lipinski definition) is 6. The smallest absolute Gasteiger partial charge is 0.251 e. The van der Waals surface area contributed by atoms with E-state index in [0.29, 0.717) is 23.7 Å². The van der Waals surface area contributed by atoms with Gasteiger partial charge in [0.15, 0.2) is 11.5 Å². The first-order valence-electron chi connectivity index (χ1n) is 8.60. The molecule has 1 amide bonds. The van der Waals surface area contributed by atoms with Crippen LogP contribution in [-0.2, 0) is 6.61 Å². The fraction of sp³-hybridized carbons (Fsp3) is 0.300. The Morgan fingerprint density at radius 2 is 2.11 bits per heavy atom. The van der Waals surface area contributed by atoms with Crippen molar-refractivity contribution in [1.82, 2.24) is 10.3 Å². The Morgan fingerprint density at radius 3 is 2.74 bits per heavy atom. The average Bonchev–Trinajstić information content (AvgIpc) is 3.37. The Balaban J connectivity index is 1.72. The van der Waals surface area contributed by atoms with E-state index in [1.165, 1.54) is 11.3 Å². The maximum Gasteiger partial charge on any atom is 0.251 e. The molecule has 142 valence electrons. The topological polar surface area (TPSA) is 60.5 Å². The molecular formula is C20H22N2O3S2. The maximum absolute atomic E-state index is 12.8. The second-order valence-electron chi connectivity index (χ2n) is 6.34. The minimum atomic E-state index is -0.133. The van der Waals surface area contributed by atoms with Gasteiger partial charge >= 0.3 is 0 Å². The van der Waals surface area contributed by atoms with Crippen molar-refractivity contribution < 1.29 is 14.3 Å². The molecule has 27 heavy (non-hydrogen) atoms. The first kappa shape index (κ1) is 19.4. The van der Waals surface area contributed by atoms with Crippen LogP contribution in [0.1, 0.15) is 40.8 Å². The molecule has 0 spiro atoms. The number of aromatic nitrogens is 1. The molecule has 1 atom stereocenters. The third-order valence-corrected chi connectivity index (χ3v) is 5.68. The van der Waals surface area contributed by atoms with Gasteiger partial charge in [-0.05, 0) is 35.6 Å². The maximum atomic E-state index is 12.8. The van der Waals surface area contributed by atoms with Crippen molar-refractivity contribution >= 4 is 28.6 Å². The fourth-order valence-electron chi connectivity index (χ4n) is 2.65. The SMILES string of the molecule is COc1cc(C(=O)NC(c2cccs2)C(C)C)ccc1OCc1cscn1. The Morgan fingerprint density at radius 1 is 1.26 bits per heavy atom. The number of hydrogen-bond donors (Lipinski definition) is 1. The number of carbonyl (C=O) groups is 1. The zero-order chi connectivity index (χ0) is 19.2. The summed E-state index contributed by atoms with van der Waals surface area (Å²) in [6.07, 6.45) is 0. The number of benzene rings is 1. The third kappa shape index (κ3) is 4.87. The molecule has 0 bridgehead atoms. The van der Waals surface area contributed by atoms with Gasteiger partial charge in [0, 0.05) is 15.8 Å². The molecule has 0 aliphatic carbocycles. The molecule has 1 aromatic carbocycles. The van der Waals surface area contributed by atoms with Crippen LogP contribution < -0.4 is 14.8 Å². The number of nitrogens with zero attached hydrogens (tertiary/aromatic N) is 1. The van der Waals surface area contributed by atoms with E-state index in [4.69, 9.17) is 9.47 Å². The van der Waals surface area contributed by atoms with E-state index in [0.717, 1.165) is 10.6 Å². The molecule has 5 nitrogen and oxygen atoms in total. The van der Waals surface area contributed by atoms with Crippen LogP contribution in [0.3, 0.4) is 0 Å². The first-order valence-corrected chi connectivity index (χ1v) is 10.4. The molecule has 3 aromatic rings. The van der Waals surface area contributed by atoms with Gasteiger partial charge in [0.05, 0.1) is 24.4 Å². The second kappa shape index (κ2) is 9.01. The highest BCUT2D eigenvalue weighted by Crippen LogP contribution is 2.30. The van der Waals surface area contributed by atoms with Crippen molar-refractivity contribution in [2.24, 2.45) is 5.92 Å². The van der Waals surface area contributed by atoms with Crippen molar-refractivity contribution in [3.8, 4) is 11.5 Å². The highest BCUT2D eigenvalue weighted by molar-refractivity contribution is 7.10. The molecule has 2 heterocycles. The standard InChI is InChI=1S/C20H22N2O3S2/c1-13(2)19(18-5-4-8-27-18)22-20(23)14-6-7-16(17(9-14)24-3)25-10-15-11-26-12-21-15/h4-9,11-13,19H,10H2,1-3H3,(H,22,23). The van der Waals surface area contributed by atoms with Crippen molar-refractivity contribution in [2.45, 2.75) is 26.5 Å². The highest BCUT2D eigenvalue weighted by Gasteiger charge is 2.21. The molecule has 0 saturated carbocycles. The van der Waals surface area contributed by atoms with Gasteiger partial charge in [0.2, 0.25) is 0 Å². The van der Waals surface area contributed by atoms with Crippen LogP contribution in [0, 0.1) is 5.92 Å². The predicted octanol–water partition coefficient (Wildman–Crippen LogP) is 4.92.